The van der Waals surface area contributed by atoms with Crippen LogP contribution < -0.4 is 15.1 Å². The summed E-state index contributed by atoms with van der Waals surface area (Å²) in [6.07, 6.45) is 5.87. The first kappa shape index (κ1) is 20.2. The maximum Gasteiger partial charge on any atom is 0.227 e. The lowest BCUT2D eigenvalue weighted by Gasteiger charge is -2.27. The van der Waals surface area contributed by atoms with Gasteiger partial charge >= 0.3 is 0 Å². The zero-order chi connectivity index (χ0) is 21.8. The Kier molecular flexibility index (Phi) is 5.81. The Balaban J connectivity index is 1.33. The van der Waals surface area contributed by atoms with E-state index in [0.29, 0.717) is 11.5 Å². The monoisotopic (exact) mass is 427 g/mol. The summed E-state index contributed by atoms with van der Waals surface area (Å²) in [5.41, 5.74) is 4.18. The van der Waals surface area contributed by atoms with Crippen LogP contribution >= 0.6 is 0 Å². The summed E-state index contributed by atoms with van der Waals surface area (Å²) in [5, 5.41) is 12.9. The smallest absolute Gasteiger partial charge is 0.227 e. The van der Waals surface area contributed by atoms with Crippen molar-refractivity contribution in [2.75, 3.05) is 54.5 Å². The fourth-order valence-corrected chi connectivity index (χ4v) is 4.17. The second kappa shape index (κ2) is 9.20. The van der Waals surface area contributed by atoms with Gasteiger partial charge in [-0.1, -0.05) is 6.07 Å². The highest BCUT2D eigenvalue weighted by Crippen LogP contribution is 2.29. The summed E-state index contributed by atoms with van der Waals surface area (Å²) < 4.78 is 5.40. The number of hydrogen-bond donors (Lipinski definition) is 1. The SMILES string of the molecule is N#Cc1cc(-c2ccnc(Nc3ccc(N4CCOCC4)nc3)n2)ccc1N1CCCC1. The van der Waals surface area contributed by atoms with Crippen LogP contribution in [0, 0.1) is 11.3 Å². The quantitative estimate of drug-likeness (QED) is 0.661. The van der Waals surface area contributed by atoms with E-state index in [-0.39, 0.29) is 0 Å². The molecular weight excluding hydrogens is 402 g/mol. The third-order valence-electron chi connectivity index (χ3n) is 5.85. The van der Waals surface area contributed by atoms with Crippen molar-refractivity contribution in [1.29, 1.82) is 5.26 Å². The van der Waals surface area contributed by atoms with Crippen molar-refractivity contribution in [1.82, 2.24) is 15.0 Å². The number of morpholine rings is 1. The van der Waals surface area contributed by atoms with Crippen molar-refractivity contribution >= 4 is 23.1 Å². The number of anilines is 4. The summed E-state index contributed by atoms with van der Waals surface area (Å²) in [6, 6.07) is 14.2. The number of pyridine rings is 1. The first-order valence-electron chi connectivity index (χ1n) is 11.0. The molecule has 8 heteroatoms. The van der Waals surface area contributed by atoms with Gasteiger partial charge in [-0.15, -0.1) is 0 Å². The van der Waals surface area contributed by atoms with Crippen molar-refractivity contribution in [2.45, 2.75) is 12.8 Å². The van der Waals surface area contributed by atoms with Gasteiger partial charge in [0.25, 0.3) is 0 Å². The van der Waals surface area contributed by atoms with Gasteiger partial charge in [-0.3, -0.25) is 0 Å². The zero-order valence-electron chi connectivity index (χ0n) is 17.9. The van der Waals surface area contributed by atoms with Crippen molar-refractivity contribution in [3.63, 3.8) is 0 Å². The maximum atomic E-state index is 9.68. The number of hydrogen-bond acceptors (Lipinski definition) is 8. The lowest BCUT2D eigenvalue weighted by atomic mass is 10.1. The van der Waals surface area contributed by atoms with Gasteiger partial charge in [-0.05, 0) is 43.2 Å². The molecule has 2 saturated heterocycles. The van der Waals surface area contributed by atoms with Crippen LogP contribution in [-0.4, -0.2) is 54.3 Å². The topological polar surface area (TPSA) is 90.2 Å². The Hall–Kier alpha value is -3.70. The molecule has 162 valence electrons. The Bertz CT molecular complexity index is 1110. The maximum absolute atomic E-state index is 9.68. The first-order chi connectivity index (χ1) is 15.8. The molecule has 0 bridgehead atoms. The number of nitrogens with one attached hydrogen (secondary N) is 1. The minimum absolute atomic E-state index is 0.491. The predicted molar refractivity (Wildman–Crippen MR) is 124 cm³/mol. The van der Waals surface area contributed by atoms with Gasteiger partial charge in [0, 0.05) is 37.9 Å². The number of nitrogens with zero attached hydrogens (tertiary/aromatic N) is 6. The van der Waals surface area contributed by atoms with Crippen LogP contribution in [0.5, 0.6) is 0 Å². The molecule has 0 saturated carbocycles. The van der Waals surface area contributed by atoms with Gasteiger partial charge in [-0.2, -0.15) is 5.26 Å². The normalized spacial score (nSPS) is 16.1. The largest absolute Gasteiger partial charge is 0.378 e. The van der Waals surface area contributed by atoms with E-state index in [0.717, 1.165) is 67.8 Å². The first-order valence-corrected chi connectivity index (χ1v) is 11.0. The third-order valence-corrected chi connectivity index (χ3v) is 5.85. The highest BCUT2D eigenvalue weighted by molar-refractivity contribution is 5.70. The Labute approximate surface area is 187 Å². The molecule has 8 nitrogen and oxygen atoms in total. The van der Waals surface area contributed by atoms with E-state index in [1.54, 1.807) is 12.4 Å². The molecule has 0 aliphatic carbocycles. The molecule has 0 unspecified atom stereocenters. The molecule has 0 atom stereocenters. The fraction of sp³-hybridized carbons (Fsp3) is 0.333. The molecule has 1 N–H and O–H groups in total. The lowest BCUT2D eigenvalue weighted by molar-refractivity contribution is 0.122. The van der Waals surface area contributed by atoms with Crippen LogP contribution in [0.15, 0.2) is 48.8 Å². The molecule has 1 aromatic carbocycles. The number of ether oxygens (including phenoxy) is 1. The van der Waals surface area contributed by atoms with Crippen molar-refractivity contribution < 1.29 is 4.74 Å². The minimum Gasteiger partial charge on any atom is -0.378 e. The van der Waals surface area contributed by atoms with E-state index in [4.69, 9.17) is 4.74 Å². The number of aromatic nitrogens is 3. The van der Waals surface area contributed by atoms with E-state index in [1.165, 1.54) is 12.8 Å². The van der Waals surface area contributed by atoms with Crippen molar-refractivity contribution in [2.24, 2.45) is 0 Å². The Morgan fingerprint density at radius 3 is 2.53 bits per heavy atom. The fourth-order valence-electron chi connectivity index (χ4n) is 4.17. The highest BCUT2D eigenvalue weighted by Gasteiger charge is 2.17. The van der Waals surface area contributed by atoms with Crippen LogP contribution in [0.25, 0.3) is 11.3 Å². The van der Waals surface area contributed by atoms with Crippen LogP contribution in [0.2, 0.25) is 0 Å². The van der Waals surface area contributed by atoms with E-state index in [9.17, 15) is 5.26 Å². The van der Waals surface area contributed by atoms with Gasteiger partial charge < -0.3 is 19.9 Å². The molecule has 2 fully saturated rings. The van der Waals surface area contributed by atoms with Crippen LogP contribution in [-0.2, 0) is 4.74 Å². The van der Waals surface area contributed by atoms with E-state index >= 15 is 0 Å². The molecule has 0 spiro atoms. The molecule has 2 aliphatic heterocycles. The minimum atomic E-state index is 0.491. The molecular formula is C24H25N7O. The Morgan fingerprint density at radius 2 is 1.78 bits per heavy atom. The van der Waals surface area contributed by atoms with E-state index < -0.39 is 0 Å². The van der Waals surface area contributed by atoms with Gasteiger partial charge in [-0.25, -0.2) is 15.0 Å². The average Bonchev–Trinajstić information content (AvgIpc) is 3.40. The molecule has 4 heterocycles. The van der Waals surface area contributed by atoms with Gasteiger partial charge in [0.2, 0.25) is 5.95 Å². The predicted octanol–water partition coefficient (Wildman–Crippen LogP) is 3.59. The Morgan fingerprint density at radius 1 is 0.938 bits per heavy atom. The number of nitriles is 1. The molecule has 2 aromatic heterocycles. The van der Waals surface area contributed by atoms with Crippen LogP contribution in [0.4, 0.5) is 23.1 Å². The average molecular weight is 428 g/mol. The summed E-state index contributed by atoms with van der Waals surface area (Å²) in [7, 11) is 0. The molecule has 3 aromatic rings. The number of benzene rings is 1. The van der Waals surface area contributed by atoms with Crippen molar-refractivity contribution in [3.05, 3.63) is 54.4 Å². The molecule has 5 rings (SSSR count). The second-order valence-electron chi connectivity index (χ2n) is 7.93. The summed E-state index contributed by atoms with van der Waals surface area (Å²) in [6.45, 7) is 5.18. The second-order valence-corrected chi connectivity index (χ2v) is 7.93. The van der Waals surface area contributed by atoms with E-state index in [1.807, 2.05) is 36.4 Å². The molecule has 32 heavy (non-hydrogen) atoms. The van der Waals surface area contributed by atoms with Gasteiger partial charge in [0.15, 0.2) is 0 Å². The summed E-state index contributed by atoms with van der Waals surface area (Å²) >= 11 is 0. The van der Waals surface area contributed by atoms with Crippen molar-refractivity contribution in [3.8, 4) is 17.3 Å². The molecule has 0 radical (unpaired) electrons. The highest BCUT2D eigenvalue weighted by atomic mass is 16.5. The van der Waals surface area contributed by atoms with Crippen LogP contribution in [0.1, 0.15) is 18.4 Å². The molecule has 0 amide bonds. The zero-order valence-corrected chi connectivity index (χ0v) is 17.9. The standard InChI is InChI=1S/C24H25N7O/c25-16-19-15-18(3-5-22(19)30-9-1-2-10-30)21-7-8-26-24(29-21)28-20-4-6-23(27-17-20)31-11-13-32-14-12-31/h3-8,15,17H,1-2,9-14H2,(H,26,28,29). The lowest BCUT2D eigenvalue weighted by Crippen LogP contribution is -2.36. The molecule has 2 aliphatic rings. The van der Waals surface area contributed by atoms with Gasteiger partial charge in [0.1, 0.15) is 11.9 Å². The van der Waals surface area contributed by atoms with E-state index in [2.05, 4.69) is 36.1 Å². The third kappa shape index (κ3) is 4.34. The summed E-state index contributed by atoms with van der Waals surface area (Å²) in [5.74, 6) is 1.43. The van der Waals surface area contributed by atoms with Gasteiger partial charge in [0.05, 0.1) is 42.0 Å². The van der Waals surface area contributed by atoms with Crippen LogP contribution in [0.3, 0.4) is 0 Å². The summed E-state index contributed by atoms with van der Waals surface area (Å²) in [4.78, 5) is 18.1. The number of rotatable bonds is 5.